The van der Waals surface area contributed by atoms with Crippen LogP contribution in [-0.2, 0) is 10.4 Å². The van der Waals surface area contributed by atoms with Crippen LogP contribution in [0.25, 0.3) is 0 Å². The third kappa shape index (κ3) is 2.09. The van der Waals surface area contributed by atoms with Crippen molar-refractivity contribution in [1.29, 1.82) is 0 Å². The lowest BCUT2D eigenvalue weighted by molar-refractivity contribution is -0.155. The van der Waals surface area contributed by atoms with Crippen LogP contribution in [0.15, 0.2) is 48.5 Å². The molecule has 1 aliphatic rings. The van der Waals surface area contributed by atoms with E-state index in [-0.39, 0.29) is 11.1 Å². The number of carboxylic acid groups (broad SMARTS) is 1. The summed E-state index contributed by atoms with van der Waals surface area (Å²) in [5.41, 5.74) is -1.57. The summed E-state index contributed by atoms with van der Waals surface area (Å²) < 4.78 is 5.60. The minimum absolute atomic E-state index is 0.246. The number of rotatable bonds is 1. The molecule has 1 aliphatic heterocycles. The summed E-state index contributed by atoms with van der Waals surface area (Å²) in [6.45, 7) is 0. The Morgan fingerprint density at radius 2 is 1.40 bits per heavy atom. The monoisotopic (exact) mass is 336 g/mol. The van der Waals surface area contributed by atoms with Crippen LogP contribution < -0.4 is 4.74 Å². The number of fused-ring (bicyclic) bond motifs is 2. The first-order valence-corrected chi connectivity index (χ1v) is 7.43. The van der Waals surface area contributed by atoms with Gasteiger partial charge in [0.2, 0.25) is 5.60 Å². The highest BCUT2D eigenvalue weighted by atomic mass is 79.9. The zero-order chi connectivity index (χ0) is 14.8. The summed E-state index contributed by atoms with van der Waals surface area (Å²) in [5.74, 6) is 1.22. The lowest BCUT2D eigenvalue weighted by atomic mass is 9.83. The van der Waals surface area contributed by atoms with Crippen molar-refractivity contribution < 1.29 is 19.7 Å². The first-order valence-electron chi connectivity index (χ1n) is 5.84. The summed E-state index contributed by atoms with van der Waals surface area (Å²) in [6, 6.07) is 13.2. The fourth-order valence-electron chi connectivity index (χ4n) is 2.20. The van der Waals surface area contributed by atoms with Crippen LogP contribution in [0.3, 0.4) is 0 Å². The summed E-state index contributed by atoms with van der Waals surface area (Å²) in [5, 5.41) is 20.0. The zero-order valence-corrected chi connectivity index (χ0v) is 12.3. The largest absolute Gasteiger partial charge is 0.479 e. The fraction of sp³-hybridized carbons (Fsp3) is 0.133. The lowest BCUT2D eigenvalue weighted by Crippen LogP contribution is -2.39. The number of ether oxygens (including phenoxy) is 1. The van der Waals surface area contributed by atoms with Crippen LogP contribution in [0.5, 0.6) is 11.5 Å². The molecule has 0 spiro atoms. The van der Waals surface area contributed by atoms with Gasteiger partial charge < -0.3 is 14.9 Å². The van der Waals surface area contributed by atoms with E-state index in [2.05, 4.69) is 15.9 Å². The first kappa shape index (κ1) is 14.6. The average Bonchev–Trinajstić information content (AvgIpc) is 2.49. The first-order chi connectivity index (χ1) is 9.64. The molecule has 0 aromatic heterocycles. The molecular weight excluding hydrogens is 324 g/mol. The molecule has 0 aliphatic carbocycles. The molecule has 20 heavy (non-hydrogen) atoms. The van der Waals surface area contributed by atoms with Gasteiger partial charge >= 0.3 is 5.97 Å². The van der Waals surface area contributed by atoms with Gasteiger partial charge in [-0.25, -0.2) is 4.79 Å². The van der Waals surface area contributed by atoms with Crippen LogP contribution in [0, 0.1) is 0 Å². The quantitative estimate of drug-likeness (QED) is 0.785. The number of para-hydroxylation sites is 2. The molecule has 0 bridgehead atoms. The number of halogens is 1. The predicted octanol–water partition coefficient (Wildman–Crippen LogP) is 3.12. The van der Waals surface area contributed by atoms with Crippen molar-refractivity contribution in [2.75, 3.05) is 5.83 Å². The second-order valence-electron chi connectivity index (χ2n) is 4.11. The smallest absolute Gasteiger partial charge is 0.345 e. The van der Waals surface area contributed by atoms with Crippen molar-refractivity contribution in [1.82, 2.24) is 0 Å². The molecule has 2 aromatic carbocycles. The van der Waals surface area contributed by atoms with E-state index in [9.17, 15) is 15.0 Å². The summed E-state index contributed by atoms with van der Waals surface area (Å²) >= 11 is 2.94. The van der Waals surface area contributed by atoms with Gasteiger partial charge in [-0.15, -0.1) is 0 Å². The minimum atomic E-state index is -2.06. The summed E-state index contributed by atoms with van der Waals surface area (Å²) in [7, 11) is 0. The highest BCUT2D eigenvalue weighted by Gasteiger charge is 2.47. The van der Waals surface area contributed by atoms with Crippen molar-refractivity contribution in [2.24, 2.45) is 0 Å². The number of hydrogen-bond acceptors (Lipinski definition) is 3. The average molecular weight is 337 g/mol. The van der Waals surface area contributed by atoms with Crippen molar-refractivity contribution in [3.05, 3.63) is 59.7 Å². The molecule has 3 rings (SSSR count). The zero-order valence-electron chi connectivity index (χ0n) is 10.7. The van der Waals surface area contributed by atoms with Crippen LogP contribution >= 0.6 is 15.9 Å². The molecule has 0 amide bonds. The van der Waals surface area contributed by atoms with E-state index in [0.717, 1.165) is 0 Å². The topological polar surface area (TPSA) is 66.8 Å². The number of carboxylic acids is 1. The highest BCUT2D eigenvalue weighted by Crippen LogP contribution is 2.46. The van der Waals surface area contributed by atoms with Gasteiger partial charge in [-0.3, -0.25) is 0 Å². The molecular formula is C15H13BrO4. The second-order valence-corrected chi connectivity index (χ2v) is 4.11. The maximum atomic E-state index is 11.5. The summed E-state index contributed by atoms with van der Waals surface area (Å²) in [6.07, 6.45) is 0. The van der Waals surface area contributed by atoms with Gasteiger partial charge in [0.25, 0.3) is 0 Å². The van der Waals surface area contributed by atoms with Crippen molar-refractivity contribution in [3.63, 3.8) is 0 Å². The van der Waals surface area contributed by atoms with Crippen molar-refractivity contribution in [2.45, 2.75) is 5.60 Å². The molecule has 0 fully saturated rings. The number of benzene rings is 2. The Hall–Kier alpha value is -1.85. The fourth-order valence-corrected chi connectivity index (χ4v) is 2.20. The van der Waals surface area contributed by atoms with Gasteiger partial charge in [0, 0.05) is 11.1 Å². The van der Waals surface area contributed by atoms with Crippen molar-refractivity contribution >= 4 is 21.9 Å². The number of alkyl halides is 1. The number of carbonyl (C=O) groups is 1. The van der Waals surface area contributed by atoms with E-state index >= 15 is 0 Å². The molecule has 5 heteroatoms. The maximum Gasteiger partial charge on any atom is 0.345 e. The minimum Gasteiger partial charge on any atom is -0.479 e. The molecule has 0 saturated heterocycles. The van der Waals surface area contributed by atoms with Crippen LogP contribution in [0.1, 0.15) is 11.1 Å². The molecule has 0 unspecified atom stereocenters. The number of aliphatic hydroxyl groups is 1. The normalized spacial score (nSPS) is 13.9. The molecule has 2 N–H and O–H groups in total. The van der Waals surface area contributed by atoms with Gasteiger partial charge in [-0.2, -0.15) is 0 Å². The van der Waals surface area contributed by atoms with Crippen LogP contribution in [0.2, 0.25) is 0 Å². The SMILES string of the molecule is CBr.O=C(O)C1(O)c2ccccc2Oc2ccccc21. The Kier molecular flexibility index (Phi) is 4.11. The van der Waals surface area contributed by atoms with E-state index in [1.54, 1.807) is 48.5 Å². The maximum absolute atomic E-state index is 11.5. The van der Waals surface area contributed by atoms with Gasteiger partial charge in [-0.1, -0.05) is 52.3 Å². The Balaban J connectivity index is 0.000000704. The van der Waals surface area contributed by atoms with E-state index in [1.807, 2.05) is 5.83 Å². The van der Waals surface area contributed by atoms with E-state index < -0.39 is 11.6 Å². The second kappa shape index (κ2) is 5.64. The van der Waals surface area contributed by atoms with Gasteiger partial charge in [0.15, 0.2) is 0 Å². The summed E-state index contributed by atoms with van der Waals surface area (Å²) in [4.78, 5) is 11.5. The standard InChI is InChI=1S/C14H10O4.CH3Br/c15-13(16)14(17)9-5-1-3-7-11(9)18-12-8-4-2-6-10(12)14;1-2/h1-8,17H,(H,15,16);1H3. The number of hydrogen-bond donors (Lipinski definition) is 2. The van der Waals surface area contributed by atoms with Gasteiger partial charge in [-0.05, 0) is 18.0 Å². The van der Waals surface area contributed by atoms with Crippen LogP contribution in [0.4, 0.5) is 0 Å². The molecule has 0 radical (unpaired) electrons. The van der Waals surface area contributed by atoms with Crippen molar-refractivity contribution in [3.8, 4) is 11.5 Å². The molecule has 2 aromatic rings. The third-order valence-corrected chi connectivity index (χ3v) is 3.08. The van der Waals surface area contributed by atoms with E-state index in [0.29, 0.717) is 11.5 Å². The van der Waals surface area contributed by atoms with Gasteiger partial charge in [0.05, 0.1) is 0 Å². The van der Waals surface area contributed by atoms with Gasteiger partial charge in [0.1, 0.15) is 11.5 Å². The third-order valence-electron chi connectivity index (χ3n) is 3.08. The van der Waals surface area contributed by atoms with E-state index in [1.165, 1.54) is 0 Å². The molecule has 0 atom stereocenters. The predicted molar refractivity (Wildman–Crippen MR) is 78.4 cm³/mol. The van der Waals surface area contributed by atoms with E-state index in [4.69, 9.17) is 4.74 Å². The Morgan fingerprint density at radius 3 is 1.80 bits per heavy atom. The highest BCUT2D eigenvalue weighted by molar-refractivity contribution is 9.08. The molecule has 1 heterocycles. The Morgan fingerprint density at radius 1 is 1.00 bits per heavy atom. The molecule has 104 valence electrons. The number of aliphatic carboxylic acids is 1. The Labute approximate surface area is 124 Å². The van der Waals surface area contributed by atoms with Crippen LogP contribution in [-0.4, -0.2) is 22.0 Å². The molecule has 0 saturated carbocycles. The Bertz CT molecular complexity index is 594. The molecule has 4 nitrogen and oxygen atoms in total. The lowest BCUT2D eigenvalue weighted by Gasteiger charge is -2.32.